The number of hydrogen-bond acceptors (Lipinski definition) is 1. The topological polar surface area (TPSA) is 28.7 Å². The predicted octanol–water partition coefficient (Wildman–Crippen LogP) is 6.59. The lowest BCUT2D eigenvalue weighted by Gasteiger charge is -2.20. The number of rotatable bonds is 3. The maximum absolute atomic E-state index is 13.5. The van der Waals surface area contributed by atoms with Crippen molar-refractivity contribution in [3.8, 4) is 11.8 Å². The minimum atomic E-state index is -0.344. The summed E-state index contributed by atoms with van der Waals surface area (Å²) < 4.78 is 15.7. The highest BCUT2D eigenvalue weighted by atomic mass is 19.1. The maximum Gasteiger partial charge on any atom is 0.123 e. The second-order valence-electron chi connectivity index (χ2n) is 8.14. The fraction of sp³-hybridized carbons (Fsp3) is 0.240. The molecule has 2 nitrogen and oxygen atoms in total. The van der Waals surface area contributed by atoms with Gasteiger partial charge in [-0.25, -0.2) is 4.39 Å². The van der Waals surface area contributed by atoms with Crippen LogP contribution in [0.3, 0.4) is 0 Å². The Hall–Kier alpha value is -3.12. The van der Waals surface area contributed by atoms with Gasteiger partial charge in [-0.15, -0.1) is 0 Å². The molecule has 1 heterocycles. The van der Waals surface area contributed by atoms with Crippen LogP contribution in [0.4, 0.5) is 4.39 Å². The maximum atomic E-state index is 13.5. The van der Waals surface area contributed by atoms with Crippen LogP contribution in [0.1, 0.15) is 48.8 Å². The Kier molecular flexibility index (Phi) is 5.25. The van der Waals surface area contributed by atoms with E-state index in [-0.39, 0.29) is 11.2 Å². The Morgan fingerprint density at radius 2 is 1.71 bits per heavy atom. The van der Waals surface area contributed by atoms with E-state index in [0.717, 1.165) is 22.6 Å². The highest BCUT2D eigenvalue weighted by Crippen LogP contribution is 2.28. The van der Waals surface area contributed by atoms with Gasteiger partial charge >= 0.3 is 0 Å². The lowest BCUT2D eigenvalue weighted by Crippen LogP contribution is -2.11. The summed E-state index contributed by atoms with van der Waals surface area (Å²) in [5, 5.41) is 9.57. The standard InChI is InChI=1S/C25H25FN2/c1-17-13-20(14-21(16-27)19-7-6-8-23(26)15-19)18(2)28(17)24-11-9-22(10-12-24)25(3,4)5/h6-15H,1-5H3/b21-14-. The second-order valence-corrected chi connectivity index (χ2v) is 8.14. The van der Waals surface area contributed by atoms with E-state index < -0.39 is 0 Å². The van der Waals surface area contributed by atoms with Crippen LogP contribution in [0.25, 0.3) is 17.3 Å². The molecule has 0 radical (unpaired) electrons. The van der Waals surface area contributed by atoms with E-state index in [1.165, 1.54) is 17.7 Å². The van der Waals surface area contributed by atoms with Crippen molar-refractivity contribution >= 4 is 11.6 Å². The Morgan fingerprint density at radius 1 is 1.04 bits per heavy atom. The summed E-state index contributed by atoms with van der Waals surface area (Å²) in [7, 11) is 0. The number of hydrogen-bond donors (Lipinski definition) is 0. The molecule has 3 rings (SSSR count). The van der Waals surface area contributed by atoms with Crippen molar-refractivity contribution in [3.05, 3.63) is 88.5 Å². The number of aromatic nitrogens is 1. The highest BCUT2D eigenvalue weighted by Gasteiger charge is 2.15. The van der Waals surface area contributed by atoms with E-state index in [9.17, 15) is 9.65 Å². The average molecular weight is 372 g/mol. The molecule has 3 heteroatoms. The van der Waals surface area contributed by atoms with Crippen molar-refractivity contribution in [2.24, 2.45) is 0 Å². The fourth-order valence-electron chi connectivity index (χ4n) is 3.43. The number of benzene rings is 2. The molecule has 3 aromatic rings. The summed E-state index contributed by atoms with van der Waals surface area (Å²) in [6.07, 6.45) is 1.83. The monoisotopic (exact) mass is 372 g/mol. The van der Waals surface area contributed by atoms with E-state index in [1.54, 1.807) is 12.1 Å². The van der Waals surface area contributed by atoms with Gasteiger partial charge < -0.3 is 4.57 Å². The Balaban J connectivity index is 2.04. The third-order valence-corrected chi connectivity index (χ3v) is 5.02. The van der Waals surface area contributed by atoms with Crippen molar-refractivity contribution in [2.45, 2.75) is 40.0 Å². The molecule has 2 aromatic carbocycles. The van der Waals surface area contributed by atoms with Gasteiger partial charge in [0.1, 0.15) is 5.82 Å². The molecule has 0 bridgehead atoms. The predicted molar refractivity (Wildman–Crippen MR) is 114 cm³/mol. The quantitative estimate of drug-likeness (QED) is 0.476. The number of halogens is 1. The van der Waals surface area contributed by atoms with Crippen molar-refractivity contribution in [1.82, 2.24) is 4.57 Å². The van der Waals surface area contributed by atoms with Crippen molar-refractivity contribution < 1.29 is 4.39 Å². The van der Waals surface area contributed by atoms with E-state index in [4.69, 9.17) is 0 Å². The second kappa shape index (κ2) is 7.48. The van der Waals surface area contributed by atoms with Gasteiger partial charge in [0.15, 0.2) is 0 Å². The lowest BCUT2D eigenvalue weighted by atomic mass is 9.87. The first kappa shape index (κ1) is 19.6. The molecule has 0 spiro atoms. The van der Waals surface area contributed by atoms with Gasteiger partial charge in [-0.05, 0) is 72.4 Å². The van der Waals surface area contributed by atoms with Crippen molar-refractivity contribution in [3.63, 3.8) is 0 Å². The summed E-state index contributed by atoms with van der Waals surface area (Å²) in [4.78, 5) is 0. The number of nitriles is 1. The number of nitrogens with zero attached hydrogens (tertiary/aromatic N) is 2. The van der Waals surface area contributed by atoms with Gasteiger partial charge in [0, 0.05) is 17.1 Å². The van der Waals surface area contributed by atoms with Gasteiger partial charge in [-0.2, -0.15) is 5.26 Å². The molecular weight excluding hydrogens is 347 g/mol. The van der Waals surface area contributed by atoms with E-state index in [1.807, 2.05) is 13.0 Å². The van der Waals surface area contributed by atoms with Crippen LogP contribution < -0.4 is 0 Å². The molecule has 0 unspecified atom stereocenters. The zero-order valence-corrected chi connectivity index (χ0v) is 17.0. The molecule has 0 aliphatic carbocycles. The molecule has 28 heavy (non-hydrogen) atoms. The Morgan fingerprint density at radius 3 is 2.29 bits per heavy atom. The first-order chi connectivity index (χ1) is 13.2. The summed E-state index contributed by atoms with van der Waals surface area (Å²) in [5.41, 5.74) is 6.61. The van der Waals surface area contributed by atoms with Gasteiger partial charge in [0.2, 0.25) is 0 Å². The average Bonchev–Trinajstić information content (AvgIpc) is 2.92. The first-order valence-electron chi connectivity index (χ1n) is 9.38. The minimum Gasteiger partial charge on any atom is -0.318 e. The molecular formula is C25H25FN2. The molecule has 0 amide bonds. The van der Waals surface area contributed by atoms with Crippen LogP contribution in [0.5, 0.6) is 0 Å². The third kappa shape index (κ3) is 3.92. The molecule has 0 saturated heterocycles. The minimum absolute atomic E-state index is 0.111. The van der Waals surface area contributed by atoms with Gasteiger partial charge in [0.25, 0.3) is 0 Å². The Bertz CT molecular complexity index is 1070. The third-order valence-electron chi connectivity index (χ3n) is 5.02. The van der Waals surface area contributed by atoms with E-state index >= 15 is 0 Å². The summed E-state index contributed by atoms with van der Waals surface area (Å²) in [6, 6.07) is 19.0. The molecule has 1 aromatic heterocycles. The first-order valence-corrected chi connectivity index (χ1v) is 9.38. The highest BCUT2D eigenvalue weighted by molar-refractivity contribution is 5.90. The zero-order chi connectivity index (χ0) is 20.5. The van der Waals surface area contributed by atoms with Crippen LogP contribution in [0.15, 0.2) is 54.6 Å². The van der Waals surface area contributed by atoms with Crippen molar-refractivity contribution in [1.29, 1.82) is 5.26 Å². The molecule has 0 aliphatic heterocycles. The van der Waals surface area contributed by atoms with Gasteiger partial charge in [0.05, 0.1) is 11.6 Å². The van der Waals surface area contributed by atoms with Crippen LogP contribution >= 0.6 is 0 Å². The Labute approximate surface area is 166 Å². The van der Waals surface area contributed by atoms with E-state index in [2.05, 4.69) is 68.7 Å². The normalized spacial score (nSPS) is 12.1. The van der Waals surface area contributed by atoms with Gasteiger partial charge in [-0.3, -0.25) is 0 Å². The molecule has 0 aliphatic rings. The van der Waals surface area contributed by atoms with Gasteiger partial charge in [-0.1, -0.05) is 45.0 Å². The SMILES string of the molecule is Cc1cc(/C=C(/C#N)c2cccc(F)c2)c(C)n1-c1ccc(C(C)(C)C)cc1. The van der Waals surface area contributed by atoms with Crippen LogP contribution in [0.2, 0.25) is 0 Å². The summed E-state index contributed by atoms with van der Waals surface area (Å²) in [6.45, 7) is 10.7. The molecule has 0 N–H and O–H groups in total. The molecule has 0 fully saturated rings. The smallest absolute Gasteiger partial charge is 0.123 e. The summed E-state index contributed by atoms with van der Waals surface area (Å²) >= 11 is 0. The molecule has 142 valence electrons. The lowest BCUT2D eigenvalue weighted by molar-refractivity contribution is 0.590. The van der Waals surface area contributed by atoms with E-state index in [0.29, 0.717) is 11.1 Å². The fourth-order valence-corrected chi connectivity index (χ4v) is 3.43. The molecule has 0 atom stereocenters. The molecule has 0 saturated carbocycles. The number of aryl methyl sites for hydroxylation is 1. The van der Waals surface area contributed by atoms with Crippen LogP contribution in [0, 0.1) is 31.0 Å². The zero-order valence-electron chi connectivity index (χ0n) is 17.0. The van der Waals surface area contributed by atoms with Crippen LogP contribution in [-0.4, -0.2) is 4.57 Å². The largest absolute Gasteiger partial charge is 0.318 e. The number of allylic oxidation sites excluding steroid dienone is 1. The van der Waals surface area contributed by atoms with Crippen LogP contribution in [-0.2, 0) is 5.41 Å². The summed E-state index contributed by atoms with van der Waals surface area (Å²) in [5.74, 6) is -0.344. The van der Waals surface area contributed by atoms with Crippen molar-refractivity contribution in [2.75, 3.05) is 0 Å².